The number of pyridine rings is 1. The fraction of sp³-hybridized carbons (Fsp3) is 0.583. The number of rotatable bonds is 2. The van der Waals surface area contributed by atoms with E-state index in [0.29, 0.717) is 5.92 Å². The van der Waals surface area contributed by atoms with Gasteiger partial charge in [-0.05, 0) is 30.5 Å². The van der Waals surface area contributed by atoms with Crippen molar-refractivity contribution >= 4 is 0 Å². The molecule has 1 fully saturated rings. The maximum Gasteiger partial charge on any atom is 0.0598 e. The Labute approximate surface area is 85.3 Å². The first-order valence-electron chi connectivity index (χ1n) is 5.16. The van der Waals surface area contributed by atoms with Crippen LogP contribution in [0.4, 0.5) is 0 Å². The molecule has 1 saturated heterocycles. The summed E-state index contributed by atoms with van der Waals surface area (Å²) in [4.78, 5) is 4.44. The molecule has 2 heterocycles. The summed E-state index contributed by atoms with van der Waals surface area (Å²) in [6.45, 7) is 8.24. The van der Waals surface area contributed by atoms with Crippen molar-refractivity contribution in [3.05, 3.63) is 29.6 Å². The molecular weight excluding hydrogens is 174 g/mol. The zero-order valence-corrected chi connectivity index (χ0v) is 9.08. The van der Waals surface area contributed by atoms with Gasteiger partial charge in [0, 0.05) is 6.20 Å². The molecule has 2 heteroatoms. The highest BCUT2D eigenvalue weighted by atomic mass is 16.5. The molecule has 0 bridgehead atoms. The molecule has 0 unspecified atom stereocenters. The van der Waals surface area contributed by atoms with E-state index in [-0.39, 0.29) is 5.41 Å². The zero-order valence-electron chi connectivity index (χ0n) is 9.08. The fourth-order valence-electron chi connectivity index (χ4n) is 1.69. The molecule has 0 aliphatic carbocycles. The van der Waals surface area contributed by atoms with Crippen LogP contribution in [-0.4, -0.2) is 18.2 Å². The van der Waals surface area contributed by atoms with Crippen molar-refractivity contribution < 1.29 is 4.74 Å². The zero-order chi connectivity index (χ0) is 10.2. The first-order valence-corrected chi connectivity index (χ1v) is 5.16. The molecule has 1 aromatic rings. The summed E-state index contributed by atoms with van der Waals surface area (Å²) in [5.74, 6) is 0.571. The van der Waals surface area contributed by atoms with Crippen LogP contribution in [0.2, 0.25) is 0 Å². The van der Waals surface area contributed by atoms with Gasteiger partial charge in [0.2, 0.25) is 0 Å². The third-order valence-corrected chi connectivity index (χ3v) is 2.91. The van der Waals surface area contributed by atoms with Gasteiger partial charge >= 0.3 is 0 Å². The minimum atomic E-state index is 0.158. The Morgan fingerprint density at radius 3 is 2.64 bits per heavy atom. The summed E-state index contributed by atoms with van der Waals surface area (Å²) in [6, 6.07) is 4.31. The molecule has 14 heavy (non-hydrogen) atoms. The second-order valence-corrected chi connectivity index (χ2v) is 4.68. The van der Waals surface area contributed by atoms with Crippen LogP contribution in [-0.2, 0) is 10.2 Å². The Balaban J connectivity index is 2.30. The quantitative estimate of drug-likeness (QED) is 0.716. The molecule has 0 amide bonds. The first-order chi connectivity index (χ1) is 6.62. The van der Waals surface area contributed by atoms with E-state index in [0.717, 1.165) is 13.2 Å². The molecule has 76 valence electrons. The van der Waals surface area contributed by atoms with Crippen LogP contribution in [0.5, 0.6) is 0 Å². The topological polar surface area (TPSA) is 22.1 Å². The highest BCUT2D eigenvalue weighted by molar-refractivity contribution is 5.26. The van der Waals surface area contributed by atoms with Gasteiger partial charge in [0.05, 0.1) is 24.3 Å². The summed E-state index contributed by atoms with van der Waals surface area (Å²) in [6.07, 6.45) is 1.91. The number of hydrogen-bond donors (Lipinski definition) is 0. The van der Waals surface area contributed by atoms with Crippen molar-refractivity contribution in [2.75, 3.05) is 13.2 Å². The van der Waals surface area contributed by atoms with Gasteiger partial charge in [-0.3, -0.25) is 4.98 Å². The lowest BCUT2D eigenvalue weighted by molar-refractivity contribution is -0.0521. The Morgan fingerprint density at radius 1 is 1.43 bits per heavy atom. The van der Waals surface area contributed by atoms with Crippen LogP contribution < -0.4 is 0 Å². The largest absolute Gasteiger partial charge is 0.379 e. The lowest BCUT2D eigenvalue weighted by atomic mass is 9.83. The van der Waals surface area contributed by atoms with Gasteiger partial charge in [0.25, 0.3) is 0 Å². The first kappa shape index (κ1) is 9.66. The average Bonchev–Trinajstić information content (AvgIpc) is 2.14. The van der Waals surface area contributed by atoms with Crippen LogP contribution in [0.15, 0.2) is 18.3 Å². The third-order valence-electron chi connectivity index (χ3n) is 2.91. The molecule has 0 saturated carbocycles. The Bertz CT molecular complexity index is 329. The monoisotopic (exact) mass is 191 g/mol. The van der Waals surface area contributed by atoms with Gasteiger partial charge < -0.3 is 4.74 Å². The molecule has 0 aromatic carbocycles. The average molecular weight is 191 g/mol. The van der Waals surface area contributed by atoms with Crippen molar-refractivity contribution in [1.29, 1.82) is 0 Å². The molecule has 0 N–H and O–H groups in total. The van der Waals surface area contributed by atoms with Gasteiger partial charge in [-0.25, -0.2) is 0 Å². The summed E-state index contributed by atoms with van der Waals surface area (Å²) in [5, 5.41) is 0. The molecular formula is C12H17NO. The van der Waals surface area contributed by atoms with Crippen molar-refractivity contribution in [2.45, 2.75) is 32.1 Å². The van der Waals surface area contributed by atoms with Crippen molar-refractivity contribution in [2.24, 2.45) is 0 Å². The number of nitrogens with zero attached hydrogens (tertiary/aromatic N) is 1. The summed E-state index contributed by atoms with van der Waals surface area (Å²) >= 11 is 0. The standard InChI is InChI=1S/C12H17NO/c1-9(2)10-4-5-13-11(6-10)12(3)7-14-8-12/h4-6,9H,7-8H2,1-3H3. The smallest absolute Gasteiger partial charge is 0.0598 e. The lowest BCUT2D eigenvalue weighted by Crippen LogP contribution is -2.44. The summed E-state index contributed by atoms with van der Waals surface area (Å²) in [7, 11) is 0. The van der Waals surface area contributed by atoms with E-state index in [1.54, 1.807) is 0 Å². The van der Waals surface area contributed by atoms with E-state index in [2.05, 4.69) is 37.9 Å². The molecule has 2 nitrogen and oxygen atoms in total. The maximum absolute atomic E-state index is 5.25. The van der Waals surface area contributed by atoms with Crippen LogP contribution >= 0.6 is 0 Å². The van der Waals surface area contributed by atoms with E-state index in [1.807, 2.05) is 6.20 Å². The maximum atomic E-state index is 5.25. The van der Waals surface area contributed by atoms with Crippen LogP contribution in [0.25, 0.3) is 0 Å². The van der Waals surface area contributed by atoms with Gasteiger partial charge in [-0.1, -0.05) is 13.8 Å². The van der Waals surface area contributed by atoms with Crippen LogP contribution in [0.3, 0.4) is 0 Å². The number of hydrogen-bond acceptors (Lipinski definition) is 2. The fourth-order valence-corrected chi connectivity index (χ4v) is 1.69. The molecule has 1 aliphatic heterocycles. The Kier molecular flexibility index (Phi) is 2.31. The normalized spacial score (nSPS) is 19.4. The van der Waals surface area contributed by atoms with E-state index < -0.39 is 0 Å². The van der Waals surface area contributed by atoms with Gasteiger partial charge in [-0.15, -0.1) is 0 Å². The van der Waals surface area contributed by atoms with E-state index in [1.165, 1.54) is 11.3 Å². The minimum absolute atomic E-state index is 0.158. The summed E-state index contributed by atoms with van der Waals surface area (Å²) in [5.41, 5.74) is 2.70. The predicted molar refractivity (Wildman–Crippen MR) is 56.5 cm³/mol. The molecule has 1 aromatic heterocycles. The molecule has 0 radical (unpaired) electrons. The Hall–Kier alpha value is -0.890. The van der Waals surface area contributed by atoms with E-state index in [4.69, 9.17) is 4.74 Å². The third kappa shape index (κ3) is 1.55. The van der Waals surface area contributed by atoms with E-state index >= 15 is 0 Å². The predicted octanol–water partition coefficient (Wildman–Crippen LogP) is 2.49. The second-order valence-electron chi connectivity index (χ2n) is 4.68. The van der Waals surface area contributed by atoms with E-state index in [9.17, 15) is 0 Å². The van der Waals surface area contributed by atoms with Crippen LogP contribution in [0.1, 0.15) is 37.9 Å². The van der Waals surface area contributed by atoms with Crippen molar-refractivity contribution in [1.82, 2.24) is 4.98 Å². The van der Waals surface area contributed by atoms with Crippen molar-refractivity contribution in [3.63, 3.8) is 0 Å². The highest BCUT2D eigenvalue weighted by Gasteiger charge is 2.36. The highest BCUT2D eigenvalue weighted by Crippen LogP contribution is 2.31. The van der Waals surface area contributed by atoms with Crippen LogP contribution in [0, 0.1) is 0 Å². The number of ether oxygens (including phenoxy) is 1. The van der Waals surface area contributed by atoms with Crippen molar-refractivity contribution in [3.8, 4) is 0 Å². The molecule has 2 rings (SSSR count). The Morgan fingerprint density at radius 2 is 2.14 bits per heavy atom. The number of aromatic nitrogens is 1. The second kappa shape index (κ2) is 3.35. The molecule has 1 aliphatic rings. The minimum Gasteiger partial charge on any atom is -0.379 e. The van der Waals surface area contributed by atoms with Gasteiger partial charge in [-0.2, -0.15) is 0 Å². The van der Waals surface area contributed by atoms with Gasteiger partial charge in [0.15, 0.2) is 0 Å². The lowest BCUT2D eigenvalue weighted by Gasteiger charge is -2.37. The molecule has 0 atom stereocenters. The summed E-state index contributed by atoms with van der Waals surface area (Å²) < 4.78 is 5.25. The van der Waals surface area contributed by atoms with Gasteiger partial charge in [0.1, 0.15) is 0 Å². The SMILES string of the molecule is CC(C)c1ccnc(C2(C)COC2)c1. The molecule has 0 spiro atoms.